The topological polar surface area (TPSA) is 78.9 Å². The zero-order valence-corrected chi connectivity index (χ0v) is 16.2. The van der Waals surface area contributed by atoms with Crippen LogP contribution in [0.4, 0.5) is 0 Å². The molecule has 0 aliphatic carbocycles. The van der Waals surface area contributed by atoms with Crippen molar-refractivity contribution in [2.24, 2.45) is 0 Å². The van der Waals surface area contributed by atoms with Gasteiger partial charge in [-0.1, -0.05) is 42.5 Å². The fraction of sp³-hybridized carbons (Fsp3) is 0.125. The molecule has 0 saturated carbocycles. The molecular weight excluding hydrogens is 384 g/mol. The van der Waals surface area contributed by atoms with Gasteiger partial charge in [0.1, 0.15) is 31.3 Å². The van der Waals surface area contributed by atoms with Crippen molar-refractivity contribution in [1.29, 1.82) is 0 Å². The molecule has 0 aliphatic rings. The molecule has 0 N–H and O–H groups in total. The Hall–Kier alpha value is -3.93. The van der Waals surface area contributed by atoms with Gasteiger partial charge in [-0.3, -0.25) is 9.59 Å². The largest absolute Gasteiger partial charge is 0.486 e. The smallest absolute Gasteiger partial charge is 0.338 e. The molecule has 6 nitrogen and oxygen atoms in total. The Morgan fingerprint density at radius 3 is 2.07 bits per heavy atom. The van der Waals surface area contributed by atoms with E-state index in [1.165, 1.54) is 0 Å². The minimum Gasteiger partial charge on any atom is -0.486 e. The summed E-state index contributed by atoms with van der Waals surface area (Å²) in [5, 5.41) is 0. The van der Waals surface area contributed by atoms with Crippen molar-refractivity contribution in [3.63, 3.8) is 0 Å². The fourth-order valence-corrected chi connectivity index (χ4v) is 2.78. The van der Waals surface area contributed by atoms with Gasteiger partial charge in [-0.25, -0.2) is 4.79 Å². The molecule has 0 amide bonds. The Bertz CT molecular complexity index is 996. The van der Waals surface area contributed by atoms with E-state index >= 15 is 0 Å². The summed E-state index contributed by atoms with van der Waals surface area (Å²) in [6.07, 6.45) is 1.31. The number of benzene rings is 3. The Balaban J connectivity index is 1.82. The Kier molecular flexibility index (Phi) is 7.33. The normalized spacial score (nSPS) is 10.1. The Labute approximate surface area is 174 Å². The number of esters is 1. The molecular formula is C24H20O6. The third kappa shape index (κ3) is 5.78. The molecule has 0 unspecified atom stereocenters. The summed E-state index contributed by atoms with van der Waals surface area (Å²) in [5.41, 5.74) is 2.71. The SMILES string of the molecule is O=CCOc1ccc(-c2cc(OCC=O)cc(C(=O)OCc3ccccc3)c2)cc1. The van der Waals surface area contributed by atoms with Crippen molar-refractivity contribution in [1.82, 2.24) is 0 Å². The molecule has 0 spiro atoms. The Morgan fingerprint density at radius 2 is 1.40 bits per heavy atom. The van der Waals surface area contributed by atoms with E-state index in [0.717, 1.165) is 11.1 Å². The highest BCUT2D eigenvalue weighted by Gasteiger charge is 2.13. The Morgan fingerprint density at radius 1 is 0.733 bits per heavy atom. The van der Waals surface area contributed by atoms with Gasteiger partial charge in [-0.15, -0.1) is 0 Å². The summed E-state index contributed by atoms with van der Waals surface area (Å²) < 4.78 is 16.1. The number of carbonyl (C=O) groups is 3. The van der Waals surface area contributed by atoms with Crippen LogP contribution in [0.3, 0.4) is 0 Å². The zero-order valence-electron chi connectivity index (χ0n) is 16.2. The van der Waals surface area contributed by atoms with Crippen LogP contribution in [0.25, 0.3) is 11.1 Å². The molecule has 0 aliphatic heterocycles. The van der Waals surface area contributed by atoms with E-state index in [1.807, 2.05) is 30.3 Å². The highest BCUT2D eigenvalue weighted by molar-refractivity contribution is 5.92. The first kappa shape index (κ1) is 20.8. The predicted molar refractivity (Wildman–Crippen MR) is 111 cm³/mol. The van der Waals surface area contributed by atoms with Crippen LogP contribution in [0.1, 0.15) is 15.9 Å². The number of hydrogen-bond donors (Lipinski definition) is 0. The van der Waals surface area contributed by atoms with Gasteiger partial charge >= 0.3 is 5.97 Å². The average molecular weight is 404 g/mol. The van der Waals surface area contributed by atoms with Crippen LogP contribution in [0.2, 0.25) is 0 Å². The van der Waals surface area contributed by atoms with Gasteiger partial charge in [-0.05, 0) is 47.0 Å². The molecule has 0 saturated heterocycles. The summed E-state index contributed by atoms with van der Waals surface area (Å²) in [7, 11) is 0. The molecule has 0 radical (unpaired) electrons. The molecule has 0 heterocycles. The first-order valence-corrected chi connectivity index (χ1v) is 9.29. The number of ether oxygens (including phenoxy) is 3. The molecule has 3 aromatic rings. The maximum Gasteiger partial charge on any atom is 0.338 e. The maximum absolute atomic E-state index is 12.6. The van der Waals surface area contributed by atoms with Gasteiger partial charge < -0.3 is 14.2 Å². The quantitative estimate of drug-likeness (QED) is 0.377. The molecule has 6 heteroatoms. The van der Waals surface area contributed by atoms with E-state index in [2.05, 4.69) is 0 Å². The van der Waals surface area contributed by atoms with E-state index in [4.69, 9.17) is 14.2 Å². The van der Waals surface area contributed by atoms with Crippen LogP contribution in [0.15, 0.2) is 72.8 Å². The van der Waals surface area contributed by atoms with Crippen LogP contribution in [-0.4, -0.2) is 31.8 Å². The van der Waals surface area contributed by atoms with Crippen molar-refractivity contribution >= 4 is 18.5 Å². The second-order valence-corrected chi connectivity index (χ2v) is 6.29. The van der Waals surface area contributed by atoms with Gasteiger partial charge in [0.2, 0.25) is 0 Å². The van der Waals surface area contributed by atoms with Crippen molar-refractivity contribution < 1.29 is 28.6 Å². The summed E-state index contributed by atoms with van der Waals surface area (Å²) in [6, 6.07) is 21.4. The van der Waals surface area contributed by atoms with Crippen LogP contribution in [0, 0.1) is 0 Å². The lowest BCUT2D eigenvalue weighted by Gasteiger charge is -2.11. The van der Waals surface area contributed by atoms with E-state index in [9.17, 15) is 14.4 Å². The lowest BCUT2D eigenvalue weighted by Crippen LogP contribution is -2.07. The number of hydrogen-bond acceptors (Lipinski definition) is 6. The first-order chi connectivity index (χ1) is 14.7. The van der Waals surface area contributed by atoms with Gasteiger partial charge in [0.25, 0.3) is 0 Å². The molecule has 0 atom stereocenters. The van der Waals surface area contributed by atoms with E-state index < -0.39 is 5.97 Å². The standard InChI is InChI=1S/C24H20O6/c25-10-12-28-22-8-6-19(7-9-22)20-14-21(16-23(15-20)29-13-11-26)24(27)30-17-18-4-2-1-3-5-18/h1-11,14-16H,12-13,17H2. The van der Waals surface area contributed by atoms with Gasteiger partial charge in [0.15, 0.2) is 12.6 Å². The van der Waals surface area contributed by atoms with E-state index in [-0.39, 0.29) is 19.8 Å². The lowest BCUT2D eigenvalue weighted by molar-refractivity contribution is -0.110. The monoisotopic (exact) mass is 404 g/mol. The molecule has 0 bridgehead atoms. The van der Waals surface area contributed by atoms with Crippen molar-refractivity contribution in [2.75, 3.05) is 13.2 Å². The third-order valence-electron chi connectivity index (χ3n) is 4.18. The molecule has 0 fully saturated rings. The van der Waals surface area contributed by atoms with E-state index in [0.29, 0.717) is 35.2 Å². The summed E-state index contributed by atoms with van der Waals surface area (Å²) >= 11 is 0. The van der Waals surface area contributed by atoms with Gasteiger partial charge in [0, 0.05) is 0 Å². The second kappa shape index (κ2) is 10.6. The number of aldehydes is 2. The summed E-state index contributed by atoms with van der Waals surface area (Å²) in [4.78, 5) is 33.7. The second-order valence-electron chi connectivity index (χ2n) is 6.29. The fourth-order valence-electron chi connectivity index (χ4n) is 2.78. The maximum atomic E-state index is 12.6. The summed E-state index contributed by atoms with van der Waals surface area (Å²) in [5.74, 6) is 0.442. The van der Waals surface area contributed by atoms with E-state index in [1.54, 1.807) is 42.5 Å². The molecule has 3 rings (SSSR count). The van der Waals surface area contributed by atoms with Crippen molar-refractivity contribution in [3.05, 3.63) is 83.9 Å². The highest BCUT2D eigenvalue weighted by Crippen LogP contribution is 2.28. The predicted octanol–water partition coefficient (Wildman–Crippen LogP) is 3.87. The van der Waals surface area contributed by atoms with Crippen LogP contribution in [-0.2, 0) is 20.9 Å². The average Bonchev–Trinajstić information content (AvgIpc) is 2.80. The van der Waals surface area contributed by atoms with Crippen LogP contribution < -0.4 is 9.47 Å². The molecule has 30 heavy (non-hydrogen) atoms. The van der Waals surface area contributed by atoms with Crippen molar-refractivity contribution in [3.8, 4) is 22.6 Å². The van der Waals surface area contributed by atoms with Gasteiger partial charge in [-0.2, -0.15) is 0 Å². The number of carbonyl (C=O) groups excluding carboxylic acids is 3. The van der Waals surface area contributed by atoms with Crippen LogP contribution in [0.5, 0.6) is 11.5 Å². The minimum atomic E-state index is -0.498. The summed E-state index contributed by atoms with van der Waals surface area (Å²) in [6.45, 7) is 0.00337. The van der Waals surface area contributed by atoms with Crippen molar-refractivity contribution in [2.45, 2.75) is 6.61 Å². The number of rotatable bonds is 10. The lowest BCUT2D eigenvalue weighted by atomic mass is 10.0. The molecule has 152 valence electrons. The first-order valence-electron chi connectivity index (χ1n) is 9.29. The van der Waals surface area contributed by atoms with Crippen LogP contribution >= 0.6 is 0 Å². The minimum absolute atomic E-state index is 0.0221. The zero-order chi connectivity index (χ0) is 21.2. The molecule has 3 aromatic carbocycles. The highest BCUT2D eigenvalue weighted by atomic mass is 16.5. The third-order valence-corrected chi connectivity index (χ3v) is 4.18. The molecule has 0 aromatic heterocycles. The van der Waals surface area contributed by atoms with Gasteiger partial charge in [0.05, 0.1) is 5.56 Å².